The quantitative estimate of drug-likeness (QED) is 0.248. The van der Waals surface area contributed by atoms with E-state index in [0.29, 0.717) is 0 Å². The summed E-state index contributed by atoms with van der Waals surface area (Å²) >= 11 is 0. The topological polar surface area (TPSA) is 26.5 Å². The number of halogens is 12. The predicted molar refractivity (Wildman–Crippen MR) is 84.1 cm³/mol. The van der Waals surface area contributed by atoms with Crippen LogP contribution in [-0.2, 0) is 24.7 Å². The Morgan fingerprint density at radius 2 is 0.839 bits per heavy atom. The van der Waals surface area contributed by atoms with Crippen molar-refractivity contribution < 1.29 is 52.7 Å². The molecule has 2 aromatic carbocycles. The second-order valence-electron chi connectivity index (χ2n) is 5.90. The highest BCUT2D eigenvalue weighted by Gasteiger charge is 2.37. The summed E-state index contributed by atoms with van der Waals surface area (Å²) in [5.74, 6) is 0. The average molecular weight is 467 g/mol. The molecule has 0 aliphatic heterocycles. The van der Waals surface area contributed by atoms with Crippen molar-refractivity contribution in [3.05, 3.63) is 64.0 Å². The Balaban J connectivity index is 2.42. The van der Waals surface area contributed by atoms with Gasteiger partial charge in [-0.2, -0.15) is 52.7 Å². The summed E-state index contributed by atoms with van der Waals surface area (Å²) in [4.78, 5) is 3.18. The van der Waals surface area contributed by atoms with Gasteiger partial charge in [-0.3, -0.25) is 0 Å². The first-order valence-corrected chi connectivity index (χ1v) is 7.70. The lowest BCUT2D eigenvalue weighted by Gasteiger charge is -2.17. The molecule has 14 heteroatoms. The van der Waals surface area contributed by atoms with Crippen molar-refractivity contribution in [1.29, 1.82) is 0 Å². The molecule has 0 saturated heterocycles. The normalized spacial score (nSPS) is 13.7. The van der Waals surface area contributed by atoms with Crippen molar-refractivity contribution in [2.24, 2.45) is 4.99 Å². The van der Waals surface area contributed by atoms with Crippen LogP contribution in [0.5, 0.6) is 0 Å². The maximum absolute atomic E-state index is 12.8. The van der Waals surface area contributed by atoms with E-state index >= 15 is 0 Å². The number of alkyl halides is 12. The lowest BCUT2D eigenvalue weighted by Crippen LogP contribution is -2.10. The molecule has 0 aromatic heterocycles. The average Bonchev–Trinajstić information content (AvgIpc) is 2.58. The Hall–Kier alpha value is -2.93. The molecule has 0 spiro atoms. The van der Waals surface area contributed by atoms with Crippen LogP contribution >= 0.6 is 0 Å². The van der Waals surface area contributed by atoms with Gasteiger partial charge in [0.05, 0.1) is 22.3 Å². The molecule has 0 N–H and O–H groups in total. The van der Waals surface area contributed by atoms with Crippen LogP contribution in [-0.4, -0.2) is 6.34 Å². The molecule has 0 heterocycles. The van der Waals surface area contributed by atoms with Gasteiger partial charge in [0.1, 0.15) is 0 Å². The summed E-state index contributed by atoms with van der Waals surface area (Å²) < 4.78 is 153. The van der Waals surface area contributed by atoms with E-state index in [0.717, 1.165) is 0 Å². The van der Waals surface area contributed by atoms with Gasteiger partial charge in [-0.25, -0.2) is 0 Å². The zero-order chi connectivity index (χ0) is 23.8. The molecule has 0 atom stereocenters. The van der Waals surface area contributed by atoms with E-state index in [1.54, 1.807) is 0 Å². The Morgan fingerprint density at radius 1 is 0.516 bits per heavy atom. The fraction of sp³-hybridized carbons (Fsp3) is 0.235. The van der Waals surface area contributed by atoms with Gasteiger partial charge >= 0.3 is 24.7 Å². The van der Waals surface area contributed by atoms with Gasteiger partial charge < -0.3 is 10.3 Å². The first kappa shape index (κ1) is 24.3. The number of benzene rings is 2. The minimum Gasteiger partial charge on any atom is -0.443 e. The first-order chi connectivity index (χ1) is 13.9. The maximum Gasteiger partial charge on any atom is 0.416 e. The zero-order valence-electron chi connectivity index (χ0n) is 14.5. The highest BCUT2D eigenvalue weighted by atomic mass is 19.4. The van der Waals surface area contributed by atoms with Gasteiger partial charge in [-0.1, -0.05) is 6.34 Å². The highest BCUT2D eigenvalue weighted by Crippen LogP contribution is 2.40. The van der Waals surface area contributed by atoms with E-state index < -0.39 is 58.3 Å². The van der Waals surface area contributed by atoms with E-state index in [-0.39, 0.29) is 42.7 Å². The molecule has 2 nitrogen and oxygen atoms in total. The van der Waals surface area contributed by atoms with Crippen LogP contribution in [0.25, 0.3) is 5.32 Å². The van der Waals surface area contributed by atoms with Gasteiger partial charge in [-0.15, -0.1) is 0 Å². The molecule has 2 rings (SSSR count). The Kier molecular flexibility index (Phi) is 6.25. The van der Waals surface area contributed by atoms with Crippen LogP contribution < -0.4 is 0 Å². The number of hydrogen-bond acceptors (Lipinski definition) is 1. The number of nitrogens with zero attached hydrogens (tertiary/aromatic N) is 2. The smallest absolute Gasteiger partial charge is 0.416 e. The van der Waals surface area contributed by atoms with Crippen molar-refractivity contribution in [2.75, 3.05) is 0 Å². The van der Waals surface area contributed by atoms with Crippen molar-refractivity contribution in [3.63, 3.8) is 0 Å². The molecule has 0 amide bonds. The summed E-state index contributed by atoms with van der Waals surface area (Å²) in [6.45, 7) is 0. The van der Waals surface area contributed by atoms with Gasteiger partial charge in [0, 0.05) is 0 Å². The molecule has 0 fully saturated rings. The molecular weight excluding hydrogens is 460 g/mol. The summed E-state index contributed by atoms with van der Waals surface area (Å²) in [6, 6.07) is 0.448. The van der Waals surface area contributed by atoms with E-state index in [1.165, 1.54) is 0 Å². The van der Waals surface area contributed by atoms with Gasteiger partial charge in [0.25, 0.3) is 0 Å². The molecule has 170 valence electrons. The molecule has 0 unspecified atom stereocenters. The largest absolute Gasteiger partial charge is 0.443 e. The molecule has 0 bridgehead atoms. The minimum absolute atomic E-state index is 0.182. The van der Waals surface area contributed by atoms with E-state index in [1.807, 2.05) is 0 Å². The second kappa shape index (κ2) is 7.96. The van der Waals surface area contributed by atoms with Crippen LogP contribution in [0.4, 0.5) is 64.1 Å². The van der Waals surface area contributed by atoms with Crippen molar-refractivity contribution in [3.8, 4) is 0 Å². The van der Waals surface area contributed by atoms with Gasteiger partial charge in [0.2, 0.25) is 0 Å². The zero-order valence-corrected chi connectivity index (χ0v) is 14.5. The second-order valence-corrected chi connectivity index (χ2v) is 5.90. The van der Waals surface area contributed by atoms with Crippen LogP contribution in [0.3, 0.4) is 0 Å². The first-order valence-electron chi connectivity index (χ1n) is 7.70. The molecule has 0 aliphatic carbocycles. The third-order valence-electron chi connectivity index (χ3n) is 3.56. The van der Waals surface area contributed by atoms with Gasteiger partial charge in [-0.05, 0) is 47.8 Å². The van der Waals surface area contributed by atoms with Crippen LogP contribution in [0.2, 0.25) is 0 Å². The molecule has 0 radical (unpaired) electrons. The van der Waals surface area contributed by atoms with Gasteiger partial charge in [0.15, 0.2) is 0 Å². The Morgan fingerprint density at radius 3 is 1.16 bits per heavy atom. The predicted octanol–water partition coefficient (Wildman–Crippen LogP) is 8.13. The third-order valence-corrected chi connectivity index (χ3v) is 3.56. The number of hydrogen-bond donors (Lipinski definition) is 0. The molecular formula is C17H7F12N2-. The molecule has 2 aromatic rings. The van der Waals surface area contributed by atoms with E-state index in [2.05, 4.69) is 10.3 Å². The molecule has 31 heavy (non-hydrogen) atoms. The third kappa shape index (κ3) is 6.52. The summed E-state index contributed by atoms with van der Waals surface area (Å²) in [6.07, 6.45) is -20.5. The maximum atomic E-state index is 12.8. The number of aliphatic imine (C=N–C) groups is 1. The van der Waals surface area contributed by atoms with Crippen molar-refractivity contribution in [1.82, 2.24) is 0 Å². The van der Waals surface area contributed by atoms with Crippen LogP contribution in [0.1, 0.15) is 22.3 Å². The summed E-state index contributed by atoms with van der Waals surface area (Å²) in [7, 11) is 0. The fourth-order valence-corrected chi connectivity index (χ4v) is 2.19. The van der Waals surface area contributed by atoms with Crippen molar-refractivity contribution in [2.45, 2.75) is 24.7 Å². The van der Waals surface area contributed by atoms with E-state index in [4.69, 9.17) is 0 Å². The lowest BCUT2D eigenvalue weighted by molar-refractivity contribution is -0.144. The summed E-state index contributed by atoms with van der Waals surface area (Å²) in [5, 5.41) is 3.18. The fourth-order valence-electron chi connectivity index (χ4n) is 2.19. The molecule has 0 aliphatic rings. The van der Waals surface area contributed by atoms with Crippen LogP contribution in [0.15, 0.2) is 41.4 Å². The Labute approximate surface area is 165 Å². The standard InChI is InChI=1S/C17H7F12N2/c18-14(19,20)8-1-9(15(21,22)23)4-12(3-8)30-7-31-13-5-10(16(24,25)26)2-11(6-13)17(27,28)29/h1-7H/q-1. The number of rotatable bonds is 3. The lowest BCUT2D eigenvalue weighted by atomic mass is 10.1. The Bertz CT molecular complexity index is 901. The monoisotopic (exact) mass is 467 g/mol. The SMILES string of the molecule is FC(F)(F)c1cc(N=C[N-]c2cc(C(F)(F)F)cc(C(F)(F)F)c2)cc(C(F)(F)F)c1. The molecule has 0 saturated carbocycles. The highest BCUT2D eigenvalue weighted by molar-refractivity contribution is 5.84. The van der Waals surface area contributed by atoms with Crippen LogP contribution in [0, 0.1) is 0 Å². The van der Waals surface area contributed by atoms with E-state index in [9.17, 15) is 52.7 Å². The minimum atomic E-state index is -5.18. The van der Waals surface area contributed by atoms with Crippen molar-refractivity contribution >= 4 is 17.7 Å². The summed E-state index contributed by atoms with van der Waals surface area (Å²) in [5.41, 5.74) is -8.70.